The smallest absolute Gasteiger partial charge is 0.246 e. The second-order valence-corrected chi connectivity index (χ2v) is 35.7. The van der Waals surface area contributed by atoms with Crippen LogP contribution in [0.5, 0.6) is 5.75 Å². The van der Waals surface area contributed by atoms with Crippen LogP contribution in [-0.4, -0.2) is 318 Å². The Morgan fingerprint density at radius 3 is 1.67 bits per heavy atom. The van der Waals surface area contributed by atoms with Crippen LogP contribution in [0.2, 0.25) is 0 Å². The summed E-state index contributed by atoms with van der Waals surface area (Å²) < 4.78 is 5.35. The van der Waals surface area contributed by atoms with Gasteiger partial charge in [0.05, 0.1) is 50.6 Å². The highest BCUT2D eigenvalue weighted by molar-refractivity contribution is 8.00. The predicted octanol–water partition coefficient (Wildman–Crippen LogP) is -2.62. The first kappa shape index (κ1) is 105. The van der Waals surface area contributed by atoms with Crippen LogP contribution < -0.4 is 75.1 Å². The number of nitrogens with one attached hydrogen (secondary N) is 13. The Hall–Kier alpha value is -13.5. The van der Waals surface area contributed by atoms with Gasteiger partial charge in [-0.2, -0.15) is 0 Å². The maximum absolute atomic E-state index is 15.7. The summed E-state index contributed by atoms with van der Waals surface area (Å²) in [6.07, 6.45) is 2.58. The Balaban J connectivity index is 1.10. The number of unbranched alkanes of at least 4 members (excludes halogenated alkanes) is 2. The van der Waals surface area contributed by atoms with E-state index in [2.05, 4.69) is 73.1 Å². The average molecular weight is 1900 g/mol. The van der Waals surface area contributed by atoms with Crippen LogP contribution in [0.3, 0.4) is 0 Å². The number of carbonyl (C=O) groups is 18. The number of benzene rings is 3. The molecule has 43 nitrogen and oxygen atoms in total. The summed E-state index contributed by atoms with van der Waals surface area (Å²) in [4.78, 5) is 281. The van der Waals surface area contributed by atoms with Crippen molar-refractivity contribution >= 4 is 140 Å². The lowest BCUT2D eigenvalue weighted by Crippen LogP contribution is -2.62. The summed E-state index contributed by atoms with van der Waals surface area (Å²) in [6.45, 7) is 5.98. The van der Waals surface area contributed by atoms with E-state index in [1.807, 2.05) is 13.8 Å². The number of methoxy groups -OCH3 is 1. The Kier molecular flexibility index (Phi) is 38.9. The summed E-state index contributed by atoms with van der Waals surface area (Å²) in [5, 5.41) is 50.2. The molecule has 3 aromatic carbocycles. The third-order valence-corrected chi connectivity index (χ3v) is 25.3. The normalized spacial score (nSPS) is 24.8. The number of primary amides is 3. The van der Waals surface area contributed by atoms with E-state index in [9.17, 15) is 58.2 Å². The zero-order valence-corrected chi connectivity index (χ0v) is 78.0. The molecule has 0 saturated carbocycles. The molecule has 135 heavy (non-hydrogen) atoms. The number of fused-ring (bicyclic) bond motifs is 4. The van der Waals surface area contributed by atoms with Gasteiger partial charge in [-0.1, -0.05) is 102 Å². The van der Waals surface area contributed by atoms with Crippen LogP contribution in [-0.2, 0) is 112 Å². The number of H-pyrrole nitrogens is 3. The molecule has 3 saturated heterocycles. The molecular formula is C91H126N22O21S. The Morgan fingerprint density at radius 2 is 1.08 bits per heavy atom. The van der Waals surface area contributed by atoms with E-state index in [1.54, 1.807) is 99.0 Å². The Bertz CT molecular complexity index is 5220. The number of aromatic amines is 3. The van der Waals surface area contributed by atoms with Crippen LogP contribution in [0.1, 0.15) is 140 Å². The van der Waals surface area contributed by atoms with Gasteiger partial charge in [-0.25, -0.2) is 4.98 Å². The SMILES string of the molecule is CCCC[C@H]1C(=O)N(C)[C@@H](CCCC)C(=O)N[C@@H](CC(C)C)C(=O)N[C@H](C(=O)NCC(N)=O)CSCC(=O)N[C@@H](Cc2ccc(OC)cc2)C(=O)N(C)[C@@H](C)C(=O)N[C@@H](CC(N)=O)C(=O)N2CCC[C@H]2C(=O)N[C@@H](Cc2c[nH]cn2)C(=O)N[C@@H](CCC(N)=O)C(=O)N2C[C@H](O)C[C@H]2C(=O)N[C@@H](Cc2c[nH]c3ccccc23)C(=O)N[C@@H](CO)C(=O)N[C@@H](Cc2c[nH]c3ccccc23)C(=O)N1C. The molecule has 3 aliphatic rings. The number of aromatic nitrogens is 4. The first-order valence-corrected chi connectivity index (χ1v) is 46.3. The van der Waals surface area contributed by atoms with Crippen LogP contribution in [0.15, 0.2) is 97.7 Å². The molecule has 9 rings (SSSR count). The number of nitrogens with two attached hydrogens (primary N) is 3. The molecule has 0 spiro atoms. The van der Waals surface area contributed by atoms with Gasteiger partial charge in [0.15, 0.2) is 0 Å². The van der Waals surface area contributed by atoms with Crippen molar-refractivity contribution in [3.05, 3.63) is 120 Å². The monoisotopic (exact) mass is 1890 g/mol. The summed E-state index contributed by atoms with van der Waals surface area (Å²) in [5.74, 6) is -18.0. The molecule has 0 bridgehead atoms. The highest BCUT2D eigenvalue weighted by Gasteiger charge is 2.47. The summed E-state index contributed by atoms with van der Waals surface area (Å²) in [5.41, 5.74) is 19.7. The molecule has 732 valence electrons. The van der Waals surface area contributed by atoms with Crippen molar-refractivity contribution < 1.29 is 101 Å². The highest BCUT2D eigenvalue weighted by Crippen LogP contribution is 2.28. The van der Waals surface area contributed by atoms with E-state index < -0.39 is 260 Å². The highest BCUT2D eigenvalue weighted by atomic mass is 32.2. The largest absolute Gasteiger partial charge is 0.497 e. The molecule has 0 radical (unpaired) electrons. The first-order chi connectivity index (χ1) is 64.3. The molecule has 3 aromatic heterocycles. The van der Waals surface area contributed by atoms with Crippen molar-refractivity contribution in [2.75, 3.05) is 66.0 Å². The van der Waals surface area contributed by atoms with E-state index >= 15 is 38.4 Å². The van der Waals surface area contributed by atoms with E-state index in [-0.39, 0.29) is 69.5 Å². The van der Waals surface area contributed by atoms with E-state index in [4.69, 9.17) is 21.9 Å². The maximum atomic E-state index is 15.7. The molecule has 6 aromatic rings. The van der Waals surface area contributed by atoms with Crippen LogP contribution in [0.4, 0.5) is 0 Å². The number of ether oxygens (including phenoxy) is 1. The van der Waals surface area contributed by atoms with E-state index in [0.717, 1.165) is 31.4 Å². The third kappa shape index (κ3) is 29.0. The zero-order chi connectivity index (χ0) is 98.6. The van der Waals surface area contributed by atoms with Crippen molar-refractivity contribution in [3.8, 4) is 5.75 Å². The number of nitrogens with zero attached hydrogens (tertiary/aromatic N) is 6. The average Bonchev–Trinajstić information content (AvgIpc) is 1.82. The molecule has 44 heteroatoms. The number of likely N-dealkylation sites (N-methyl/N-ethyl adjacent to an activating group) is 3. The number of thioether (sulfide) groups is 1. The lowest BCUT2D eigenvalue weighted by Gasteiger charge is -2.36. The molecule has 3 aliphatic heterocycles. The van der Waals surface area contributed by atoms with E-state index in [1.165, 1.54) is 52.6 Å². The number of aliphatic hydroxyl groups excluding tert-OH is 2. The van der Waals surface area contributed by atoms with Gasteiger partial charge in [0.2, 0.25) is 106 Å². The fourth-order valence-corrected chi connectivity index (χ4v) is 17.5. The fraction of sp³-hybridized carbons (Fsp3) is 0.527. The van der Waals surface area contributed by atoms with Crippen molar-refractivity contribution in [2.45, 2.75) is 234 Å². The molecular weight excluding hydrogens is 1770 g/mol. The van der Waals surface area contributed by atoms with Gasteiger partial charge in [-0.05, 0) is 92.3 Å². The molecule has 18 amide bonds. The van der Waals surface area contributed by atoms with Gasteiger partial charge >= 0.3 is 0 Å². The quantitative estimate of drug-likeness (QED) is 0.0264. The fourth-order valence-electron chi connectivity index (χ4n) is 16.7. The molecule has 6 heterocycles. The molecule has 15 atom stereocenters. The summed E-state index contributed by atoms with van der Waals surface area (Å²) >= 11 is 0.804. The van der Waals surface area contributed by atoms with E-state index in [0.29, 0.717) is 69.9 Å². The number of aliphatic hydroxyl groups is 2. The predicted molar refractivity (Wildman–Crippen MR) is 494 cm³/mol. The first-order valence-electron chi connectivity index (χ1n) is 45.2. The van der Waals surface area contributed by atoms with Crippen molar-refractivity contribution in [3.63, 3.8) is 0 Å². The lowest BCUT2D eigenvalue weighted by atomic mass is 9.99. The second-order valence-electron chi connectivity index (χ2n) is 34.7. The van der Waals surface area contributed by atoms with Crippen molar-refractivity contribution in [1.82, 2.24) is 97.6 Å². The topological polar surface area (TPSA) is 632 Å². The number of carbonyl (C=O) groups excluding carboxylic acids is 18. The van der Waals surface area contributed by atoms with Gasteiger partial charge in [0.1, 0.15) is 90.3 Å². The van der Waals surface area contributed by atoms with Gasteiger partial charge < -0.3 is 125 Å². The zero-order valence-electron chi connectivity index (χ0n) is 77.2. The summed E-state index contributed by atoms with van der Waals surface area (Å²) in [6, 6.07) is -1.77. The minimum atomic E-state index is -1.91. The molecule has 3 fully saturated rings. The Morgan fingerprint density at radius 1 is 0.548 bits per heavy atom. The number of para-hydroxylation sites is 2. The number of hydrogen-bond donors (Lipinski definition) is 18. The van der Waals surface area contributed by atoms with Gasteiger partial charge in [0, 0.05) is 119 Å². The van der Waals surface area contributed by atoms with Gasteiger partial charge in [-0.3, -0.25) is 86.3 Å². The van der Waals surface area contributed by atoms with Gasteiger partial charge in [0.25, 0.3) is 0 Å². The van der Waals surface area contributed by atoms with Crippen LogP contribution in [0.25, 0.3) is 21.8 Å². The van der Waals surface area contributed by atoms with Gasteiger partial charge in [-0.15, -0.1) is 11.8 Å². The second kappa shape index (κ2) is 50.0. The minimum Gasteiger partial charge on any atom is -0.497 e. The Labute approximate surface area is 784 Å². The number of hydrogen-bond acceptors (Lipinski definition) is 23. The number of imidazole rings is 1. The van der Waals surface area contributed by atoms with Crippen LogP contribution >= 0.6 is 11.8 Å². The number of amides is 18. The van der Waals surface area contributed by atoms with Crippen molar-refractivity contribution in [2.24, 2.45) is 23.1 Å². The van der Waals surface area contributed by atoms with Crippen molar-refractivity contribution in [1.29, 1.82) is 0 Å². The van der Waals surface area contributed by atoms with Crippen LogP contribution in [0, 0.1) is 5.92 Å². The molecule has 0 aliphatic carbocycles. The molecule has 0 unspecified atom stereocenters. The number of rotatable bonds is 26. The third-order valence-electron chi connectivity index (χ3n) is 24.2. The maximum Gasteiger partial charge on any atom is 0.246 e. The lowest BCUT2D eigenvalue weighted by molar-refractivity contribution is -0.149. The molecule has 21 N–H and O–H groups in total. The standard InChI is InChI=1S/C91H126N22O21S/c1-10-12-23-70-84(126)102-62(33-49(3)4)80(122)108-69(79(121)98-43-76(94)118)46-135-47-77(119)100-65(34-51-26-28-56(134-9)29-27-51)87(129)109(6)50(5)78(120)105-67(39-75(93)117)90(132)112-32-18-25-71(112)85(127)104-64(37-54-42-95-48-99-54)82(124)101-61(30-31-74(92)116)89(131)113-44-55(115)38-73(113)86(128)103-63(35-52-40-96-59-21-16-14-19-57(52)59)81(123)107-68(45-114)83(125)106-66(36-53-41-97-60-22-17-15-20-58(53)60)88(130)111(8)72(24-13-11-2)91(133)110(70)7/h14-17,19-22,26-29,40-42,48-50,55,61-73,96-97,114-115H,10-13,18,23-25,30-39,43-47H2,1-9H3,(H2,92,116)(H2,93,117)(H2,94,118)(H,95,99)(H,98,121)(H,100,119)(H,101,124)(H,102,126)(H,103,128)(H,104,127)(H,105,120)(H,106,125)(H,107,123)(H,108,122)/t50-,55+,61-,62-,63-,64-,65-,66-,67-,68-,69-,70-,71-,72-,73-/m0/s1. The summed E-state index contributed by atoms with van der Waals surface area (Å²) in [7, 11) is 5.39. The minimum absolute atomic E-state index is 0.00606.